The molecule has 6 heteroatoms. The van der Waals surface area contributed by atoms with Gasteiger partial charge in [0.05, 0.1) is 5.56 Å². The minimum absolute atomic E-state index is 0.256. The monoisotopic (exact) mass is 317 g/mol. The second kappa shape index (κ2) is 6.19. The van der Waals surface area contributed by atoms with Gasteiger partial charge in [0.2, 0.25) is 0 Å². The molecule has 5 nitrogen and oxygen atoms in total. The Morgan fingerprint density at radius 3 is 2.23 bits per heavy atom. The first-order valence-electron chi connectivity index (χ1n) is 6.79. The first-order valence-corrected chi connectivity index (χ1v) is 7.61. The van der Waals surface area contributed by atoms with E-state index in [1.54, 1.807) is 12.1 Å². The minimum Gasteiger partial charge on any atom is -0.378 e. The van der Waals surface area contributed by atoms with E-state index in [0.29, 0.717) is 16.1 Å². The molecule has 22 heavy (non-hydrogen) atoms. The predicted octanol–water partition coefficient (Wildman–Crippen LogP) is 2.78. The summed E-state index contributed by atoms with van der Waals surface area (Å²) in [7, 11) is 3.87. The molecule has 1 aromatic carbocycles. The molecular weight excluding hydrogens is 298 g/mol. The molecule has 0 aliphatic rings. The molecular formula is C16H19N3O2S. The number of carbonyl (C=O) groups excluding carboxylic acids is 2. The Labute approximate surface area is 133 Å². The lowest BCUT2D eigenvalue weighted by atomic mass is 10.1. The van der Waals surface area contributed by atoms with E-state index < -0.39 is 5.91 Å². The molecule has 0 aliphatic carbocycles. The SMILES string of the molecule is Cc1sc(NC(=O)c2ccc(N(C)C)cc2)c(C(N)=O)c1C. The number of nitrogens with two attached hydrogens (primary N) is 1. The van der Waals surface area contributed by atoms with Crippen molar-refractivity contribution in [1.82, 2.24) is 0 Å². The van der Waals surface area contributed by atoms with Crippen LogP contribution in [0.2, 0.25) is 0 Å². The number of benzene rings is 1. The normalized spacial score (nSPS) is 10.4. The fourth-order valence-corrected chi connectivity index (χ4v) is 3.16. The Hall–Kier alpha value is -2.34. The van der Waals surface area contributed by atoms with E-state index in [1.807, 2.05) is 45.0 Å². The molecule has 0 spiro atoms. The van der Waals surface area contributed by atoms with E-state index >= 15 is 0 Å². The van der Waals surface area contributed by atoms with Crippen LogP contribution in [0.1, 0.15) is 31.2 Å². The maximum absolute atomic E-state index is 12.3. The zero-order valence-corrected chi connectivity index (χ0v) is 13.9. The highest BCUT2D eigenvalue weighted by Crippen LogP contribution is 2.32. The first-order chi connectivity index (χ1) is 10.3. The van der Waals surface area contributed by atoms with Crippen LogP contribution in [0, 0.1) is 13.8 Å². The number of carbonyl (C=O) groups is 2. The number of anilines is 2. The summed E-state index contributed by atoms with van der Waals surface area (Å²) < 4.78 is 0. The van der Waals surface area contributed by atoms with E-state index in [-0.39, 0.29) is 5.91 Å². The molecule has 116 valence electrons. The van der Waals surface area contributed by atoms with Crippen LogP contribution in [0.5, 0.6) is 0 Å². The number of rotatable bonds is 4. The zero-order chi connectivity index (χ0) is 16.4. The molecule has 0 fully saturated rings. The number of amides is 2. The van der Waals surface area contributed by atoms with Gasteiger partial charge in [-0.25, -0.2) is 0 Å². The third-order valence-corrected chi connectivity index (χ3v) is 4.63. The molecule has 0 saturated heterocycles. The van der Waals surface area contributed by atoms with Crippen molar-refractivity contribution in [3.05, 3.63) is 45.8 Å². The molecule has 0 bridgehead atoms. The highest BCUT2D eigenvalue weighted by atomic mass is 32.1. The molecule has 2 amide bonds. The highest BCUT2D eigenvalue weighted by molar-refractivity contribution is 7.16. The van der Waals surface area contributed by atoms with Gasteiger partial charge in [0.25, 0.3) is 11.8 Å². The van der Waals surface area contributed by atoms with Crippen molar-refractivity contribution in [3.8, 4) is 0 Å². The van der Waals surface area contributed by atoms with E-state index in [4.69, 9.17) is 5.73 Å². The van der Waals surface area contributed by atoms with Crippen LogP contribution in [0.15, 0.2) is 24.3 Å². The van der Waals surface area contributed by atoms with Gasteiger partial charge in [-0.1, -0.05) is 0 Å². The summed E-state index contributed by atoms with van der Waals surface area (Å²) in [4.78, 5) is 26.8. The van der Waals surface area contributed by atoms with Crippen LogP contribution in [0.3, 0.4) is 0 Å². The predicted molar refractivity (Wildman–Crippen MR) is 91.0 cm³/mol. The quantitative estimate of drug-likeness (QED) is 0.910. The minimum atomic E-state index is -0.528. The van der Waals surface area contributed by atoms with Crippen molar-refractivity contribution in [3.63, 3.8) is 0 Å². The van der Waals surface area contributed by atoms with Crippen LogP contribution < -0.4 is 16.0 Å². The van der Waals surface area contributed by atoms with Crippen molar-refractivity contribution in [1.29, 1.82) is 0 Å². The molecule has 2 rings (SSSR count). The zero-order valence-electron chi connectivity index (χ0n) is 13.1. The lowest BCUT2D eigenvalue weighted by molar-refractivity contribution is 0.100. The van der Waals surface area contributed by atoms with Crippen molar-refractivity contribution in [2.45, 2.75) is 13.8 Å². The van der Waals surface area contributed by atoms with Crippen LogP contribution in [-0.4, -0.2) is 25.9 Å². The molecule has 3 N–H and O–H groups in total. The lowest BCUT2D eigenvalue weighted by Crippen LogP contribution is -2.17. The number of thiophene rings is 1. The standard InChI is InChI=1S/C16H19N3O2S/c1-9-10(2)22-16(13(9)14(17)20)18-15(21)11-5-7-12(8-6-11)19(3)4/h5-8H,1-4H3,(H2,17,20)(H,18,21). The molecule has 2 aromatic rings. The van der Waals surface area contributed by atoms with E-state index in [0.717, 1.165) is 16.1 Å². The average Bonchev–Trinajstić information content (AvgIpc) is 2.73. The van der Waals surface area contributed by atoms with Crippen LogP contribution >= 0.6 is 11.3 Å². The molecule has 0 saturated carbocycles. The molecule has 0 atom stereocenters. The second-order valence-corrected chi connectivity index (χ2v) is 6.47. The molecule has 0 unspecified atom stereocenters. The Morgan fingerprint density at radius 2 is 1.73 bits per heavy atom. The summed E-state index contributed by atoms with van der Waals surface area (Å²) in [6, 6.07) is 7.24. The second-order valence-electron chi connectivity index (χ2n) is 5.25. The molecule has 1 aromatic heterocycles. The van der Waals surface area contributed by atoms with Crippen LogP contribution in [-0.2, 0) is 0 Å². The van der Waals surface area contributed by atoms with Gasteiger partial charge in [-0.2, -0.15) is 0 Å². The maximum atomic E-state index is 12.3. The summed E-state index contributed by atoms with van der Waals surface area (Å²) in [5.41, 5.74) is 8.16. The summed E-state index contributed by atoms with van der Waals surface area (Å²) in [6.07, 6.45) is 0. The summed E-state index contributed by atoms with van der Waals surface area (Å²) >= 11 is 1.36. The van der Waals surface area contributed by atoms with E-state index in [9.17, 15) is 9.59 Å². The van der Waals surface area contributed by atoms with Gasteiger partial charge in [0, 0.05) is 30.2 Å². The van der Waals surface area contributed by atoms with Crippen molar-refractivity contribution >= 4 is 33.8 Å². The Bertz CT molecular complexity index is 718. The van der Waals surface area contributed by atoms with E-state index in [2.05, 4.69) is 5.32 Å². The molecule has 0 radical (unpaired) electrons. The third kappa shape index (κ3) is 3.12. The fourth-order valence-electron chi connectivity index (χ4n) is 2.10. The lowest BCUT2D eigenvalue weighted by Gasteiger charge is -2.12. The fraction of sp³-hybridized carbons (Fsp3) is 0.250. The molecule has 0 aliphatic heterocycles. The first kappa shape index (κ1) is 16.0. The van der Waals surface area contributed by atoms with Gasteiger partial charge < -0.3 is 16.0 Å². The smallest absolute Gasteiger partial charge is 0.256 e. The van der Waals surface area contributed by atoms with Gasteiger partial charge in [0.1, 0.15) is 5.00 Å². The Morgan fingerprint density at radius 1 is 1.14 bits per heavy atom. The Balaban J connectivity index is 2.26. The van der Waals surface area contributed by atoms with Gasteiger partial charge in [-0.05, 0) is 43.7 Å². The van der Waals surface area contributed by atoms with Crippen molar-refractivity contribution in [2.75, 3.05) is 24.3 Å². The van der Waals surface area contributed by atoms with Gasteiger partial charge in [-0.3, -0.25) is 9.59 Å². The van der Waals surface area contributed by atoms with E-state index in [1.165, 1.54) is 11.3 Å². The Kier molecular flexibility index (Phi) is 4.51. The van der Waals surface area contributed by atoms with Crippen molar-refractivity contribution < 1.29 is 9.59 Å². The number of hydrogen-bond acceptors (Lipinski definition) is 4. The summed E-state index contributed by atoms with van der Waals surface area (Å²) in [5, 5.41) is 3.29. The average molecular weight is 317 g/mol. The topological polar surface area (TPSA) is 75.4 Å². The van der Waals surface area contributed by atoms with Crippen LogP contribution in [0.25, 0.3) is 0 Å². The van der Waals surface area contributed by atoms with Gasteiger partial charge in [-0.15, -0.1) is 11.3 Å². The third-order valence-electron chi connectivity index (χ3n) is 3.50. The van der Waals surface area contributed by atoms with Crippen LogP contribution in [0.4, 0.5) is 10.7 Å². The van der Waals surface area contributed by atoms with Crippen molar-refractivity contribution in [2.24, 2.45) is 5.73 Å². The number of primary amides is 1. The number of nitrogens with zero attached hydrogens (tertiary/aromatic N) is 1. The summed E-state index contributed by atoms with van der Waals surface area (Å²) in [6.45, 7) is 3.72. The maximum Gasteiger partial charge on any atom is 0.256 e. The number of aryl methyl sites for hydroxylation is 1. The number of hydrogen-bond donors (Lipinski definition) is 2. The largest absolute Gasteiger partial charge is 0.378 e. The highest BCUT2D eigenvalue weighted by Gasteiger charge is 2.19. The molecule has 1 heterocycles. The number of nitrogens with one attached hydrogen (secondary N) is 1. The van der Waals surface area contributed by atoms with Gasteiger partial charge >= 0.3 is 0 Å². The summed E-state index contributed by atoms with van der Waals surface area (Å²) in [5.74, 6) is -0.783. The van der Waals surface area contributed by atoms with Gasteiger partial charge in [0.15, 0.2) is 0 Å².